The van der Waals surface area contributed by atoms with Crippen LogP contribution in [0, 0.1) is 0 Å². The number of nitrogens with one attached hydrogen (secondary N) is 2. The number of pyridine rings is 1. The Kier molecular flexibility index (Phi) is 6.23. The van der Waals surface area contributed by atoms with Crippen LogP contribution in [0.2, 0.25) is 10.0 Å². The SMILES string of the molecule is CNCC1CCCCN1CC(=O)Nc1ncc(Cl)cc1Cl. The van der Waals surface area contributed by atoms with Crippen molar-refractivity contribution in [2.24, 2.45) is 0 Å². The number of hydrogen-bond donors (Lipinski definition) is 2. The maximum absolute atomic E-state index is 12.2. The summed E-state index contributed by atoms with van der Waals surface area (Å²) in [5.41, 5.74) is 0. The fraction of sp³-hybridized carbons (Fsp3) is 0.571. The molecule has 1 atom stereocenters. The Hall–Kier alpha value is -0.880. The second-order valence-electron chi connectivity index (χ2n) is 5.21. The summed E-state index contributed by atoms with van der Waals surface area (Å²) in [6.45, 7) is 2.20. The first-order valence-electron chi connectivity index (χ1n) is 7.09. The van der Waals surface area contributed by atoms with Gasteiger partial charge in [-0.3, -0.25) is 9.69 Å². The van der Waals surface area contributed by atoms with Gasteiger partial charge in [-0.15, -0.1) is 0 Å². The summed E-state index contributed by atoms with van der Waals surface area (Å²) in [6, 6.07) is 1.97. The molecular weight excluding hydrogens is 311 g/mol. The van der Waals surface area contributed by atoms with Gasteiger partial charge in [0, 0.05) is 18.8 Å². The number of likely N-dealkylation sites (tertiary alicyclic amines) is 1. The van der Waals surface area contributed by atoms with Crippen molar-refractivity contribution in [2.45, 2.75) is 25.3 Å². The van der Waals surface area contributed by atoms with Crippen molar-refractivity contribution >= 4 is 34.9 Å². The highest BCUT2D eigenvalue weighted by molar-refractivity contribution is 6.36. The minimum atomic E-state index is -0.102. The molecule has 0 aliphatic carbocycles. The molecule has 0 radical (unpaired) electrons. The monoisotopic (exact) mass is 330 g/mol. The van der Waals surface area contributed by atoms with E-state index in [2.05, 4.69) is 20.5 Å². The predicted octanol–water partition coefficient (Wildman–Crippen LogP) is 2.40. The van der Waals surface area contributed by atoms with Crippen LogP contribution in [-0.4, -0.2) is 48.5 Å². The molecule has 21 heavy (non-hydrogen) atoms. The second kappa shape index (κ2) is 7.94. The van der Waals surface area contributed by atoms with Crippen LogP contribution < -0.4 is 10.6 Å². The second-order valence-corrected chi connectivity index (χ2v) is 6.05. The fourth-order valence-electron chi connectivity index (χ4n) is 2.60. The molecular formula is C14H20Cl2N4O. The van der Waals surface area contributed by atoms with Crippen molar-refractivity contribution in [3.05, 3.63) is 22.3 Å². The summed E-state index contributed by atoms with van der Waals surface area (Å²) in [5.74, 6) is 0.253. The van der Waals surface area contributed by atoms with Crippen LogP contribution >= 0.6 is 23.2 Å². The molecule has 0 aromatic carbocycles. The Morgan fingerprint density at radius 2 is 2.29 bits per heavy atom. The minimum Gasteiger partial charge on any atom is -0.318 e. The van der Waals surface area contributed by atoms with Gasteiger partial charge in [-0.05, 0) is 32.5 Å². The van der Waals surface area contributed by atoms with Crippen molar-refractivity contribution < 1.29 is 4.79 Å². The van der Waals surface area contributed by atoms with Gasteiger partial charge in [0.1, 0.15) is 0 Å². The average Bonchev–Trinajstić information content (AvgIpc) is 2.44. The van der Waals surface area contributed by atoms with Gasteiger partial charge in [0.05, 0.1) is 16.6 Å². The van der Waals surface area contributed by atoms with Crippen LogP contribution in [0.15, 0.2) is 12.3 Å². The van der Waals surface area contributed by atoms with Crippen molar-refractivity contribution in [3.63, 3.8) is 0 Å². The summed E-state index contributed by atoms with van der Waals surface area (Å²) in [7, 11) is 1.93. The highest BCUT2D eigenvalue weighted by Crippen LogP contribution is 2.22. The van der Waals surface area contributed by atoms with E-state index in [4.69, 9.17) is 23.2 Å². The maximum Gasteiger partial charge on any atom is 0.239 e. The van der Waals surface area contributed by atoms with E-state index >= 15 is 0 Å². The zero-order chi connectivity index (χ0) is 15.2. The zero-order valence-corrected chi connectivity index (χ0v) is 13.5. The third kappa shape index (κ3) is 4.81. The number of piperidine rings is 1. The maximum atomic E-state index is 12.2. The number of rotatable bonds is 5. The van der Waals surface area contributed by atoms with E-state index in [0.29, 0.717) is 28.4 Å². The average molecular weight is 331 g/mol. The number of nitrogens with zero attached hydrogens (tertiary/aromatic N) is 2. The van der Waals surface area contributed by atoms with Gasteiger partial charge in [0.25, 0.3) is 0 Å². The summed E-state index contributed by atoms with van der Waals surface area (Å²) < 4.78 is 0. The first-order valence-corrected chi connectivity index (χ1v) is 7.85. The first-order chi connectivity index (χ1) is 10.1. The van der Waals surface area contributed by atoms with E-state index < -0.39 is 0 Å². The molecule has 1 aromatic rings. The van der Waals surface area contributed by atoms with E-state index in [0.717, 1.165) is 25.9 Å². The van der Waals surface area contributed by atoms with Gasteiger partial charge in [-0.2, -0.15) is 0 Å². The van der Waals surface area contributed by atoms with Crippen LogP contribution in [-0.2, 0) is 4.79 Å². The number of halogens is 2. The first kappa shape index (κ1) is 16.5. The van der Waals surface area contributed by atoms with Crippen LogP contribution in [0.1, 0.15) is 19.3 Å². The Morgan fingerprint density at radius 3 is 3.00 bits per heavy atom. The summed E-state index contributed by atoms with van der Waals surface area (Å²) >= 11 is 11.8. The number of likely N-dealkylation sites (N-methyl/N-ethyl adjacent to an activating group) is 1. The molecule has 1 saturated heterocycles. The van der Waals surface area contributed by atoms with E-state index in [9.17, 15) is 4.79 Å². The van der Waals surface area contributed by atoms with Gasteiger partial charge in [-0.1, -0.05) is 29.6 Å². The lowest BCUT2D eigenvalue weighted by Gasteiger charge is -2.35. The lowest BCUT2D eigenvalue weighted by atomic mass is 10.0. The molecule has 2 heterocycles. The van der Waals surface area contributed by atoms with Crippen LogP contribution in [0.25, 0.3) is 0 Å². The topological polar surface area (TPSA) is 57.3 Å². The molecule has 7 heteroatoms. The number of carbonyl (C=O) groups is 1. The minimum absolute atomic E-state index is 0.102. The van der Waals surface area contributed by atoms with Crippen molar-refractivity contribution in [2.75, 3.05) is 32.0 Å². The van der Waals surface area contributed by atoms with Gasteiger partial charge >= 0.3 is 0 Å². The number of aromatic nitrogens is 1. The van der Waals surface area contributed by atoms with Gasteiger partial charge in [0.2, 0.25) is 5.91 Å². The molecule has 1 aliphatic heterocycles. The quantitative estimate of drug-likeness (QED) is 0.870. The molecule has 116 valence electrons. The molecule has 1 amide bonds. The number of hydrogen-bond acceptors (Lipinski definition) is 4. The molecule has 1 unspecified atom stereocenters. The van der Waals surface area contributed by atoms with E-state index in [1.54, 1.807) is 6.07 Å². The van der Waals surface area contributed by atoms with Crippen molar-refractivity contribution in [3.8, 4) is 0 Å². The van der Waals surface area contributed by atoms with Crippen molar-refractivity contribution in [1.82, 2.24) is 15.2 Å². The third-order valence-electron chi connectivity index (χ3n) is 3.60. The molecule has 1 fully saturated rings. The molecule has 1 aliphatic rings. The summed E-state index contributed by atoms with van der Waals surface area (Å²) in [4.78, 5) is 18.4. The number of amides is 1. The third-order valence-corrected chi connectivity index (χ3v) is 4.10. The Morgan fingerprint density at radius 1 is 1.48 bits per heavy atom. The summed E-state index contributed by atoms with van der Waals surface area (Å²) in [5, 5.41) is 6.72. The molecule has 2 rings (SSSR count). The van der Waals surface area contributed by atoms with E-state index in [1.807, 2.05) is 7.05 Å². The Balaban J connectivity index is 1.93. The fourth-order valence-corrected chi connectivity index (χ4v) is 3.02. The lowest BCUT2D eigenvalue weighted by Crippen LogP contribution is -2.48. The van der Waals surface area contributed by atoms with Crippen LogP contribution in [0.5, 0.6) is 0 Å². The Bertz CT molecular complexity index is 496. The highest BCUT2D eigenvalue weighted by atomic mass is 35.5. The molecule has 0 spiro atoms. The molecule has 1 aromatic heterocycles. The standard InChI is InChI=1S/C14H20Cl2N4O/c1-17-8-11-4-2-3-5-20(11)9-13(21)19-14-12(16)6-10(15)7-18-14/h6-7,11,17H,2-5,8-9H2,1H3,(H,18,19,21). The molecule has 0 bridgehead atoms. The number of carbonyl (C=O) groups excluding carboxylic acids is 1. The molecule has 5 nitrogen and oxygen atoms in total. The summed E-state index contributed by atoms with van der Waals surface area (Å²) in [6.07, 6.45) is 4.93. The van der Waals surface area contributed by atoms with E-state index in [1.165, 1.54) is 12.6 Å². The molecule has 0 saturated carbocycles. The molecule has 2 N–H and O–H groups in total. The largest absolute Gasteiger partial charge is 0.318 e. The Labute approximate surface area is 135 Å². The van der Waals surface area contributed by atoms with Gasteiger partial charge < -0.3 is 10.6 Å². The smallest absolute Gasteiger partial charge is 0.239 e. The normalized spacial score (nSPS) is 19.5. The van der Waals surface area contributed by atoms with Gasteiger partial charge in [-0.25, -0.2) is 4.98 Å². The highest BCUT2D eigenvalue weighted by Gasteiger charge is 2.23. The van der Waals surface area contributed by atoms with E-state index in [-0.39, 0.29) is 5.91 Å². The lowest BCUT2D eigenvalue weighted by molar-refractivity contribution is -0.118. The zero-order valence-electron chi connectivity index (χ0n) is 12.0. The van der Waals surface area contributed by atoms with Gasteiger partial charge in [0.15, 0.2) is 5.82 Å². The van der Waals surface area contributed by atoms with Crippen molar-refractivity contribution in [1.29, 1.82) is 0 Å². The predicted molar refractivity (Wildman–Crippen MR) is 86.0 cm³/mol. The van der Waals surface area contributed by atoms with Crippen LogP contribution in [0.4, 0.5) is 5.82 Å². The number of anilines is 1. The van der Waals surface area contributed by atoms with Crippen LogP contribution in [0.3, 0.4) is 0 Å².